The van der Waals surface area contributed by atoms with Crippen LogP contribution in [0.1, 0.15) is 53.7 Å². The van der Waals surface area contributed by atoms with Gasteiger partial charge in [-0.2, -0.15) is 0 Å². The highest BCUT2D eigenvalue weighted by Gasteiger charge is 2.33. The fraction of sp³-hybridized carbons (Fsp3) is 0.345. The van der Waals surface area contributed by atoms with Crippen LogP contribution >= 0.6 is 11.6 Å². The molecule has 0 radical (unpaired) electrons. The number of nitrogens with zero attached hydrogens (tertiary/aromatic N) is 3. The molecule has 1 aliphatic heterocycles. The van der Waals surface area contributed by atoms with Crippen molar-refractivity contribution in [3.05, 3.63) is 82.5 Å². The maximum atomic E-state index is 14.0. The lowest BCUT2D eigenvalue weighted by molar-refractivity contribution is 0.0497. The van der Waals surface area contributed by atoms with Crippen LogP contribution in [-0.4, -0.2) is 33.4 Å². The Kier molecular flexibility index (Phi) is 6.61. The van der Waals surface area contributed by atoms with E-state index in [4.69, 9.17) is 16.0 Å². The number of carbonyl (C=O) groups is 1. The highest BCUT2D eigenvalue weighted by Crippen LogP contribution is 2.32. The topological polar surface area (TPSA) is 59.2 Å². The standard InChI is InChI=1S/C29H30ClN3O2/c1-18-6-10-23(21-8-7-20(3)31-17-21)24(15-18)29(34)33-14-4-5-19(2)26(33)11-13-28-32-25-16-22(30)9-12-27(25)35-28/h6-10,12,15-17,19,26H,4-5,11,13-14H2,1-3H3/t19-,26-/m1/s1. The lowest BCUT2D eigenvalue weighted by atomic mass is 9.86. The fourth-order valence-electron chi connectivity index (χ4n) is 5.14. The van der Waals surface area contributed by atoms with Gasteiger partial charge in [0.05, 0.1) is 0 Å². The first kappa shape index (κ1) is 23.6. The molecular weight excluding hydrogens is 458 g/mol. The molecule has 1 aliphatic rings. The van der Waals surface area contributed by atoms with Gasteiger partial charge in [0.25, 0.3) is 5.91 Å². The van der Waals surface area contributed by atoms with Crippen LogP contribution in [0.3, 0.4) is 0 Å². The number of hydrogen-bond donors (Lipinski definition) is 0. The Morgan fingerprint density at radius 1 is 1.14 bits per heavy atom. The maximum Gasteiger partial charge on any atom is 0.254 e. The monoisotopic (exact) mass is 487 g/mol. The highest BCUT2D eigenvalue weighted by atomic mass is 35.5. The van der Waals surface area contributed by atoms with E-state index in [0.29, 0.717) is 23.3 Å². The summed E-state index contributed by atoms with van der Waals surface area (Å²) in [4.78, 5) is 25.2. The Morgan fingerprint density at radius 2 is 2.00 bits per heavy atom. The van der Waals surface area contributed by atoms with Crippen LogP contribution in [0.25, 0.3) is 22.2 Å². The predicted molar refractivity (Wildman–Crippen MR) is 140 cm³/mol. The van der Waals surface area contributed by atoms with Crippen LogP contribution in [0.15, 0.2) is 59.1 Å². The molecule has 2 atom stereocenters. The van der Waals surface area contributed by atoms with E-state index >= 15 is 0 Å². The van der Waals surface area contributed by atoms with E-state index in [1.54, 1.807) is 0 Å². The molecule has 4 aromatic rings. The van der Waals surface area contributed by atoms with Crippen molar-refractivity contribution >= 4 is 28.6 Å². The molecule has 5 rings (SSSR count). The minimum absolute atomic E-state index is 0.0881. The Balaban J connectivity index is 1.42. The van der Waals surface area contributed by atoms with Gasteiger partial charge in [0.15, 0.2) is 11.5 Å². The van der Waals surface area contributed by atoms with E-state index in [2.05, 4.69) is 27.9 Å². The second-order valence-corrected chi connectivity index (χ2v) is 10.1. The SMILES string of the molecule is Cc1ccc(-c2ccc(C)nc2)c(C(=O)N2CCC[C@@H](C)[C@H]2CCc2nc3cc(Cl)ccc3o2)c1. The van der Waals surface area contributed by atoms with E-state index in [1.807, 2.05) is 62.5 Å². The van der Waals surface area contributed by atoms with Gasteiger partial charge in [-0.3, -0.25) is 9.78 Å². The van der Waals surface area contributed by atoms with Crippen LogP contribution < -0.4 is 0 Å². The van der Waals surface area contributed by atoms with Gasteiger partial charge in [0, 0.05) is 47.0 Å². The number of carbonyl (C=O) groups excluding carboxylic acids is 1. The Bertz CT molecular complexity index is 1360. The van der Waals surface area contributed by atoms with Gasteiger partial charge in [0.2, 0.25) is 0 Å². The molecule has 1 saturated heterocycles. The van der Waals surface area contributed by atoms with Crippen molar-refractivity contribution in [3.8, 4) is 11.1 Å². The van der Waals surface area contributed by atoms with Gasteiger partial charge >= 0.3 is 0 Å². The van der Waals surface area contributed by atoms with Crippen molar-refractivity contribution < 1.29 is 9.21 Å². The van der Waals surface area contributed by atoms with Gasteiger partial charge in [-0.25, -0.2) is 4.98 Å². The van der Waals surface area contributed by atoms with Crippen molar-refractivity contribution in [2.75, 3.05) is 6.54 Å². The van der Waals surface area contributed by atoms with Crippen LogP contribution in [0, 0.1) is 19.8 Å². The van der Waals surface area contributed by atoms with E-state index < -0.39 is 0 Å². The average Bonchev–Trinajstić information content (AvgIpc) is 3.25. The summed E-state index contributed by atoms with van der Waals surface area (Å²) in [6.45, 7) is 7.01. The molecule has 2 aromatic heterocycles. The van der Waals surface area contributed by atoms with Crippen molar-refractivity contribution in [1.82, 2.24) is 14.9 Å². The van der Waals surface area contributed by atoms with Gasteiger partial charge < -0.3 is 9.32 Å². The highest BCUT2D eigenvalue weighted by molar-refractivity contribution is 6.31. The van der Waals surface area contributed by atoms with Gasteiger partial charge in [-0.15, -0.1) is 0 Å². The average molecular weight is 488 g/mol. The fourth-order valence-corrected chi connectivity index (χ4v) is 5.30. The summed E-state index contributed by atoms with van der Waals surface area (Å²) in [6, 6.07) is 15.8. The number of aromatic nitrogens is 2. The number of pyridine rings is 1. The molecule has 180 valence electrons. The van der Waals surface area contributed by atoms with E-state index in [0.717, 1.165) is 64.9 Å². The van der Waals surface area contributed by atoms with Crippen LogP contribution in [0.5, 0.6) is 0 Å². The number of benzene rings is 2. The summed E-state index contributed by atoms with van der Waals surface area (Å²) >= 11 is 6.10. The molecule has 1 amide bonds. The third-order valence-corrected chi connectivity index (χ3v) is 7.29. The number of piperidine rings is 1. The Hall–Kier alpha value is -3.18. The number of amides is 1. The zero-order chi connectivity index (χ0) is 24.5. The van der Waals surface area contributed by atoms with Crippen molar-refractivity contribution in [1.29, 1.82) is 0 Å². The number of hydrogen-bond acceptors (Lipinski definition) is 4. The van der Waals surface area contributed by atoms with Crippen LogP contribution in [0.4, 0.5) is 0 Å². The lowest BCUT2D eigenvalue weighted by Gasteiger charge is -2.40. The zero-order valence-corrected chi connectivity index (χ0v) is 21.2. The molecule has 0 N–H and O–H groups in total. The third kappa shape index (κ3) is 4.96. The normalized spacial score (nSPS) is 18.2. The molecule has 5 nitrogen and oxygen atoms in total. The summed E-state index contributed by atoms with van der Waals surface area (Å²) in [5.74, 6) is 1.18. The molecule has 2 aromatic carbocycles. The molecule has 0 aliphatic carbocycles. The first-order valence-electron chi connectivity index (χ1n) is 12.3. The van der Waals surface area contributed by atoms with Crippen LogP contribution in [-0.2, 0) is 6.42 Å². The third-order valence-electron chi connectivity index (χ3n) is 7.05. The lowest BCUT2D eigenvalue weighted by Crippen LogP contribution is -2.48. The number of likely N-dealkylation sites (tertiary alicyclic amines) is 1. The number of halogens is 1. The summed E-state index contributed by atoms with van der Waals surface area (Å²) in [5, 5.41) is 0.646. The van der Waals surface area contributed by atoms with Crippen LogP contribution in [0.2, 0.25) is 5.02 Å². The molecule has 0 bridgehead atoms. The zero-order valence-electron chi connectivity index (χ0n) is 20.4. The van der Waals surface area contributed by atoms with E-state index in [1.165, 1.54) is 0 Å². The Labute approximate surface area is 211 Å². The smallest absolute Gasteiger partial charge is 0.254 e. The second-order valence-electron chi connectivity index (χ2n) is 9.68. The summed E-state index contributed by atoms with van der Waals surface area (Å²) in [6.07, 6.45) is 5.46. The van der Waals surface area contributed by atoms with Crippen molar-refractivity contribution in [2.24, 2.45) is 5.92 Å². The maximum absolute atomic E-state index is 14.0. The number of oxazole rings is 1. The number of rotatable bonds is 5. The number of aryl methyl sites for hydroxylation is 3. The predicted octanol–water partition coefficient (Wildman–Crippen LogP) is 7.03. The van der Waals surface area contributed by atoms with E-state index in [-0.39, 0.29) is 11.9 Å². The molecule has 6 heteroatoms. The minimum atomic E-state index is 0.0881. The molecule has 0 spiro atoms. The largest absolute Gasteiger partial charge is 0.441 e. The molecule has 35 heavy (non-hydrogen) atoms. The van der Waals surface area contributed by atoms with Gasteiger partial charge in [-0.05, 0) is 74.9 Å². The van der Waals surface area contributed by atoms with Crippen molar-refractivity contribution in [2.45, 2.75) is 52.5 Å². The number of fused-ring (bicyclic) bond motifs is 1. The molecule has 1 fully saturated rings. The summed E-state index contributed by atoms with van der Waals surface area (Å²) in [7, 11) is 0. The quantitative estimate of drug-likeness (QED) is 0.303. The first-order chi connectivity index (χ1) is 16.9. The summed E-state index contributed by atoms with van der Waals surface area (Å²) < 4.78 is 5.95. The molecule has 0 saturated carbocycles. The molecule has 3 heterocycles. The molecular formula is C29H30ClN3O2. The van der Waals surface area contributed by atoms with Crippen molar-refractivity contribution in [3.63, 3.8) is 0 Å². The van der Waals surface area contributed by atoms with Gasteiger partial charge in [0.1, 0.15) is 5.52 Å². The van der Waals surface area contributed by atoms with Gasteiger partial charge in [-0.1, -0.05) is 42.3 Å². The van der Waals surface area contributed by atoms with E-state index in [9.17, 15) is 4.79 Å². The molecule has 0 unspecified atom stereocenters. The Morgan fingerprint density at radius 3 is 2.80 bits per heavy atom. The second kappa shape index (κ2) is 9.82. The minimum Gasteiger partial charge on any atom is -0.441 e. The first-order valence-corrected chi connectivity index (χ1v) is 12.7. The summed E-state index contributed by atoms with van der Waals surface area (Å²) in [5.41, 5.74) is 6.18.